The van der Waals surface area contributed by atoms with Gasteiger partial charge < -0.3 is 5.73 Å². The molecule has 1 aliphatic carbocycles. The van der Waals surface area contributed by atoms with Gasteiger partial charge in [-0.1, -0.05) is 45.0 Å². The average Bonchev–Trinajstić information content (AvgIpc) is 2.12. The summed E-state index contributed by atoms with van der Waals surface area (Å²) in [6, 6.07) is 8.53. The molecule has 1 aliphatic rings. The van der Waals surface area contributed by atoms with Gasteiger partial charge in [0.1, 0.15) is 0 Å². The summed E-state index contributed by atoms with van der Waals surface area (Å²) in [4.78, 5) is 0. The van der Waals surface area contributed by atoms with Crippen molar-refractivity contribution in [2.75, 3.05) is 0 Å². The van der Waals surface area contributed by atoms with E-state index in [0.29, 0.717) is 5.41 Å². The largest absolute Gasteiger partial charge is 0.321 e. The molecule has 1 aromatic carbocycles. The van der Waals surface area contributed by atoms with Crippen molar-refractivity contribution in [2.45, 2.75) is 46.1 Å². The molecule has 0 amide bonds. The van der Waals surface area contributed by atoms with E-state index in [9.17, 15) is 0 Å². The van der Waals surface area contributed by atoms with E-state index < -0.39 is 0 Å². The second-order valence-electron chi connectivity index (χ2n) is 6.44. The summed E-state index contributed by atoms with van der Waals surface area (Å²) >= 11 is 0. The predicted octanol–water partition coefficient (Wildman–Crippen LogP) is 3.61. The van der Waals surface area contributed by atoms with E-state index in [1.807, 2.05) is 0 Å². The molecule has 16 heavy (non-hydrogen) atoms. The first-order chi connectivity index (χ1) is 7.33. The third kappa shape index (κ3) is 1.89. The molecular formula is C15H23N. The maximum absolute atomic E-state index is 6.51. The smallest absolute Gasteiger partial charge is 0.0418 e. The van der Waals surface area contributed by atoms with E-state index in [-0.39, 0.29) is 5.54 Å². The minimum absolute atomic E-state index is 0.0662. The van der Waals surface area contributed by atoms with Crippen LogP contribution >= 0.6 is 0 Å². The fourth-order valence-corrected chi connectivity index (χ4v) is 2.78. The normalized spacial score (nSPS) is 29.9. The molecule has 2 N–H and O–H groups in total. The van der Waals surface area contributed by atoms with Crippen LogP contribution in [-0.2, 0) is 5.54 Å². The lowest BCUT2D eigenvalue weighted by Crippen LogP contribution is -2.52. The highest BCUT2D eigenvalue weighted by Gasteiger charge is 2.47. The number of hydrogen-bond donors (Lipinski definition) is 1. The molecule has 1 aromatic rings. The van der Waals surface area contributed by atoms with Gasteiger partial charge in [0.05, 0.1) is 0 Å². The SMILES string of the molecule is Cc1ccccc1C1(N)CC(C(C)(C)C)C1. The summed E-state index contributed by atoms with van der Waals surface area (Å²) in [7, 11) is 0. The number of hydrogen-bond acceptors (Lipinski definition) is 1. The van der Waals surface area contributed by atoms with Crippen LogP contribution in [0.25, 0.3) is 0 Å². The summed E-state index contributed by atoms with van der Waals surface area (Å²) in [5, 5.41) is 0. The maximum Gasteiger partial charge on any atom is 0.0418 e. The third-order valence-corrected chi connectivity index (χ3v) is 4.13. The summed E-state index contributed by atoms with van der Waals surface area (Å²) in [5.41, 5.74) is 9.51. The quantitative estimate of drug-likeness (QED) is 0.764. The van der Waals surface area contributed by atoms with Crippen LogP contribution in [0.3, 0.4) is 0 Å². The van der Waals surface area contributed by atoms with Crippen molar-refractivity contribution in [1.82, 2.24) is 0 Å². The Morgan fingerprint density at radius 1 is 1.19 bits per heavy atom. The molecule has 0 spiro atoms. The molecule has 0 saturated heterocycles. The zero-order valence-corrected chi connectivity index (χ0v) is 10.9. The molecule has 0 atom stereocenters. The average molecular weight is 217 g/mol. The monoisotopic (exact) mass is 217 g/mol. The van der Waals surface area contributed by atoms with Crippen LogP contribution in [-0.4, -0.2) is 0 Å². The highest BCUT2D eigenvalue weighted by molar-refractivity contribution is 5.34. The standard InChI is InChI=1S/C15H23N/c1-11-7-5-6-8-13(11)15(16)9-12(10-15)14(2,3)4/h5-8,12H,9-10,16H2,1-4H3. The van der Waals surface area contributed by atoms with Crippen molar-refractivity contribution in [2.24, 2.45) is 17.1 Å². The van der Waals surface area contributed by atoms with Crippen LogP contribution in [0.15, 0.2) is 24.3 Å². The Morgan fingerprint density at radius 3 is 2.25 bits per heavy atom. The lowest BCUT2D eigenvalue weighted by molar-refractivity contribution is 0.0486. The van der Waals surface area contributed by atoms with Gasteiger partial charge >= 0.3 is 0 Å². The first-order valence-corrected chi connectivity index (χ1v) is 6.18. The highest BCUT2D eigenvalue weighted by Crippen LogP contribution is 2.51. The van der Waals surface area contributed by atoms with Gasteiger partial charge in [-0.15, -0.1) is 0 Å². The molecule has 1 fully saturated rings. The van der Waals surface area contributed by atoms with Crippen LogP contribution in [0, 0.1) is 18.3 Å². The first-order valence-electron chi connectivity index (χ1n) is 6.18. The van der Waals surface area contributed by atoms with Crippen LogP contribution in [0.4, 0.5) is 0 Å². The van der Waals surface area contributed by atoms with E-state index in [0.717, 1.165) is 18.8 Å². The van der Waals surface area contributed by atoms with Gasteiger partial charge in [-0.05, 0) is 42.2 Å². The molecule has 1 nitrogen and oxygen atoms in total. The van der Waals surface area contributed by atoms with Gasteiger partial charge in [0.15, 0.2) is 0 Å². The summed E-state index contributed by atoms with van der Waals surface area (Å²) in [6.45, 7) is 9.10. The molecule has 2 rings (SSSR count). The van der Waals surface area contributed by atoms with Gasteiger partial charge in [0.2, 0.25) is 0 Å². The Bertz CT molecular complexity index is 381. The Kier molecular flexibility index (Phi) is 2.62. The number of aryl methyl sites for hydroxylation is 1. The number of rotatable bonds is 1. The molecule has 0 aliphatic heterocycles. The molecule has 0 bridgehead atoms. The van der Waals surface area contributed by atoms with Crippen LogP contribution in [0.1, 0.15) is 44.7 Å². The van der Waals surface area contributed by atoms with Gasteiger partial charge in [-0.25, -0.2) is 0 Å². The molecule has 1 heteroatoms. The van der Waals surface area contributed by atoms with Crippen molar-refractivity contribution in [3.8, 4) is 0 Å². The highest BCUT2D eigenvalue weighted by atomic mass is 14.8. The Morgan fingerprint density at radius 2 is 1.75 bits per heavy atom. The van der Waals surface area contributed by atoms with Crippen molar-refractivity contribution < 1.29 is 0 Å². The second kappa shape index (κ2) is 3.59. The van der Waals surface area contributed by atoms with Crippen molar-refractivity contribution in [1.29, 1.82) is 0 Å². The maximum atomic E-state index is 6.51. The van der Waals surface area contributed by atoms with Crippen molar-refractivity contribution >= 4 is 0 Å². The molecular weight excluding hydrogens is 194 g/mol. The van der Waals surface area contributed by atoms with Crippen LogP contribution < -0.4 is 5.73 Å². The molecule has 0 radical (unpaired) electrons. The summed E-state index contributed by atoms with van der Waals surface area (Å²) in [6.07, 6.45) is 2.25. The topological polar surface area (TPSA) is 26.0 Å². The Hall–Kier alpha value is -0.820. The van der Waals surface area contributed by atoms with Gasteiger partial charge in [-0.3, -0.25) is 0 Å². The zero-order chi connectivity index (χ0) is 12.0. The van der Waals surface area contributed by atoms with Crippen LogP contribution in [0.2, 0.25) is 0 Å². The third-order valence-electron chi connectivity index (χ3n) is 4.13. The molecule has 0 aromatic heterocycles. The van der Waals surface area contributed by atoms with E-state index in [4.69, 9.17) is 5.73 Å². The number of nitrogens with two attached hydrogens (primary N) is 1. The first kappa shape index (κ1) is 11.7. The lowest BCUT2D eigenvalue weighted by Gasteiger charge is -2.51. The molecule has 88 valence electrons. The number of benzene rings is 1. The second-order valence-corrected chi connectivity index (χ2v) is 6.44. The fraction of sp³-hybridized carbons (Fsp3) is 0.600. The van der Waals surface area contributed by atoms with E-state index in [1.54, 1.807) is 0 Å². The lowest BCUT2D eigenvalue weighted by atomic mass is 9.57. The molecule has 1 saturated carbocycles. The Balaban J connectivity index is 2.17. The Labute approximate surface area is 99.0 Å². The fourth-order valence-electron chi connectivity index (χ4n) is 2.78. The predicted molar refractivity (Wildman–Crippen MR) is 69.2 cm³/mol. The minimum atomic E-state index is -0.0662. The summed E-state index contributed by atoms with van der Waals surface area (Å²) in [5.74, 6) is 0.761. The van der Waals surface area contributed by atoms with Crippen molar-refractivity contribution in [3.63, 3.8) is 0 Å². The van der Waals surface area contributed by atoms with E-state index >= 15 is 0 Å². The van der Waals surface area contributed by atoms with Gasteiger partial charge in [0, 0.05) is 5.54 Å². The zero-order valence-electron chi connectivity index (χ0n) is 10.9. The van der Waals surface area contributed by atoms with Crippen LogP contribution in [0.5, 0.6) is 0 Å². The molecule has 0 unspecified atom stereocenters. The minimum Gasteiger partial charge on any atom is -0.321 e. The van der Waals surface area contributed by atoms with Crippen molar-refractivity contribution in [3.05, 3.63) is 35.4 Å². The van der Waals surface area contributed by atoms with Gasteiger partial charge in [0.25, 0.3) is 0 Å². The van der Waals surface area contributed by atoms with Gasteiger partial charge in [-0.2, -0.15) is 0 Å². The van der Waals surface area contributed by atoms with E-state index in [1.165, 1.54) is 11.1 Å². The summed E-state index contributed by atoms with van der Waals surface area (Å²) < 4.78 is 0. The molecule has 0 heterocycles. The van der Waals surface area contributed by atoms with E-state index in [2.05, 4.69) is 52.0 Å².